The Kier molecular flexibility index (Phi) is 34.4. The number of anilines is 6. The second kappa shape index (κ2) is 45.7. The van der Waals surface area contributed by atoms with Crippen LogP contribution in [0, 0.1) is 40.5 Å². The molecule has 8 aliphatic heterocycles. The van der Waals surface area contributed by atoms with Crippen LogP contribution in [0.15, 0.2) is 127 Å². The number of aromatic nitrogens is 8. The SMILES string of the molecule is C.S.S.[C-]#[N+]C[C@H]1CN(c2nc(OCCC(=O)N(C)C)nc3c2CCN(c2cccc4cccc(C)c24)C3)CCN1C(=O)/C=C/CN(C)C.[C-]#[N+]C[C@H]1CN(c2nc(OC[C@@H]3CCCN3C)nc3c2CCN(c2c(C)c(C)cc4[nH]ncc24)C3)CCN1C(=O)C=C.[C-]#[N+]C[C@H]1CN(c2nc(OC[C@@H]3CCCN3C)nc3c2CCN(c2cccc4cccc(Br)c24)C3)CCN1C(=O)C=C. The third-order valence-electron chi connectivity index (χ3n) is 26.6. The number of carbonyl (C=O) groups is 4. The molecule has 704 valence electrons. The summed E-state index contributed by atoms with van der Waals surface area (Å²) in [6, 6.07) is 28.7. The molecule has 0 saturated carbocycles. The molecule has 9 aromatic rings. The number of benzene rings is 5. The van der Waals surface area contributed by atoms with Gasteiger partial charge in [0.05, 0.1) is 60.5 Å². The lowest BCUT2D eigenvalue weighted by Crippen LogP contribution is -2.56. The number of amides is 4. The van der Waals surface area contributed by atoms with Crippen LogP contribution in [-0.4, -0.2) is 308 Å². The lowest BCUT2D eigenvalue weighted by Gasteiger charge is -2.41. The Morgan fingerprint density at radius 2 is 0.970 bits per heavy atom. The van der Waals surface area contributed by atoms with Gasteiger partial charge in [-0.05, 0) is 171 Å². The first-order valence-electron chi connectivity index (χ1n) is 45.2. The normalized spacial score (nSPS) is 18.9. The minimum Gasteiger partial charge on any atom is -0.463 e. The van der Waals surface area contributed by atoms with Crippen molar-refractivity contribution in [2.24, 2.45) is 0 Å². The van der Waals surface area contributed by atoms with Gasteiger partial charge in [-0.15, -0.1) is 0 Å². The van der Waals surface area contributed by atoms with Gasteiger partial charge >= 0.3 is 18.0 Å². The van der Waals surface area contributed by atoms with E-state index in [4.69, 9.17) is 63.8 Å². The van der Waals surface area contributed by atoms with Crippen molar-refractivity contribution in [2.45, 2.75) is 129 Å². The number of H-pyrrole nitrogens is 1. The molecule has 5 atom stereocenters. The number of halogens is 1. The fourth-order valence-electron chi connectivity index (χ4n) is 19.4. The largest absolute Gasteiger partial charge is 0.463 e. The van der Waals surface area contributed by atoms with Gasteiger partial charge in [0.2, 0.25) is 43.3 Å². The molecule has 0 unspecified atom stereocenters. The molecule has 34 heteroatoms. The van der Waals surface area contributed by atoms with E-state index in [1.807, 2.05) is 36.2 Å². The number of fused-ring (bicyclic) bond motifs is 6. The standard InChI is InChI=1S/C35H44N8O3.C32H36BrN7O2.C31H39N9O2.CH4.2H2S/c1-25-10-7-11-26-12-8-13-30(33(25)26)41-18-15-28-29(24-41)37-35(46-21-16-31(44)40(5)6)38-34(28)42-19-20-43(27(23-42)22-36-2)32(45)14-9-17-39(3)4;1-4-29(41)40-17-16-39(19-24(40)18-34-2)31-25-13-15-38(28-12-6-9-22-8-5-11-26(33)30(22)28)20-27(25)35-32(36-31)42-21-23-10-7-14-37(23)3;1-6-28(41)40-13-12-39(17-23(40)15-32-4)30-24-9-11-38(29-21(3)20(2)14-26-25(29)16-33-36-26)18-27(24)34-31(35-30)42-19-22-8-7-10-37(22)5;;;/h7-14,27H,15-24H2,1,3-6H3;4-6,8-9,11-12,23-24H,1,7,10,13-21H2,3H3;6,14,16,22-23H,1,7-13,15,17-19H2,2-3,5H3,(H,33,36);1H4;2*1H2/b14-9+;;;;;/t27-;23-,24-;22-,23-;;;/m000.../s1. The molecule has 12 heterocycles. The van der Waals surface area contributed by atoms with Crippen molar-refractivity contribution < 1.29 is 33.4 Å². The monoisotopic (exact) mass is 1910 g/mol. The number of likely N-dealkylation sites (tertiary alicyclic amines) is 2. The number of hydrogen-bond donors (Lipinski definition) is 1. The van der Waals surface area contributed by atoms with Crippen molar-refractivity contribution >= 4 is 134 Å². The number of nitrogens with zero attached hydrogens (tertiary/aromatic N) is 23. The van der Waals surface area contributed by atoms with Crippen molar-refractivity contribution in [1.29, 1.82) is 0 Å². The third kappa shape index (κ3) is 22.8. The lowest BCUT2D eigenvalue weighted by molar-refractivity contribution is -0.129. The van der Waals surface area contributed by atoms with Crippen molar-refractivity contribution in [3.05, 3.63) is 212 Å². The minimum atomic E-state index is -0.269. The van der Waals surface area contributed by atoms with Crippen molar-refractivity contribution in [3.8, 4) is 18.0 Å². The summed E-state index contributed by atoms with van der Waals surface area (Å²) >= 11 is 3.78. The number of ether oxygens (including phenoxy) is 3. The predicted octanol–water partition coefficient (Wildman–Crippen LogP) is 12.0. The van der Waals surface area contributed by atoms with E-state index in [0.29, 0.717) is 122 Å². The first-order chi connectivity index (χ1) is 63.0. The Balaban J connectivity index is 0.000000178. The quantitative estimate of drug-likeness (QED) is 0.0435. The summed E-state index contributed by atoms with van der Waals surface area (Å²) in [6.07, 6.45) is 15.1. The van der Waals surface area contributed by atoms with E-state index >= 15 is 0 Å². The van der Waals surface area contributed by atoms with Gasteiger partial charge in [-0.25, -0.2) is 19.7 Å². The Labute approximate surface area is 804 Å². The van der Waals surface area contributed by atoms with Gasteiger partial charge in [0.25, 0.3) is 0 Å². The Bertz CT molecular complexity index is 5850. The summed E-state index contributed by atoms with van der Waals surface area (Å²) in [5.74, 6) is 2.16. The van der Waals surface area contributed by atoms with E-state index in [1.165, 1.54) is 80.3 Å². The summed E-state index contributed by atoms with van der Waals surface area (Å²) in [4.78, 5) is 118. The van der Waals surface area contributed by atoms with Crippen LogP contribution in [0.1, 0.15) is 90.0 Å². The lowest BCUT2D eigenvalue weighted by atomic mass is 9.99. The second-order valence-corrected chi connectivity index (χ2v) is 36.2. The Morgan fingerprint density at radius 1 is 0.534 bits per heavy atom. The summed E-state index contributed by atoms with van der Waals surface area (Å²) < 4.78 is 19.7. The third-order valence-corrected chi connectivity index (χ3v) is 27.3. The molecule has 4 aromatic heterocycles. The molecule has 0 radical (unpaired) electrons. The molecule has 8 aliphatic rings. The summed E-state index contributed by atoms with van der Waals surface area (Å²) in [7, 11) is 11.6. The van der Waals surface area contributed by atoms with Crippen molar-refractivity contribution in [2.75, 3.05) is 209 Å². The van der Waals surface area contributed by atoms with E-state index in [1.54, 1.807) is 34.9 Å². The summed E-state index contributed by atoms with van der Waals surface area (Å²) in [6.45, 7) is 50.4. The van der Waals surface area contributed by atoms with Crippen LogP contribution in [0.2, 0.25) is 0 Å². The maximum atomic E-state index is 13.1. The van der Waals surface area contributed by atoms with Gasteiger partial charge in [-0.2, -0.15) is 62.0 Å². The molecule has 17 rings (SSSR count). The number of aryl methyl sites for hydroxylation is 2. The van der Waals surface area contributed by atoms with Crippen LogP contribution in [0.5, 0.6) is 18.0 Å². The molecule has 5 aromatic carbocycles. The maximum Gasteiger partial charge on any atom is 0.318 e. The number of nitrogens with one attached hydrogen (secondary N) is 1. The molecule has 0 spiro atoms. The molecule has 0 aliphatic carbocycles. The summed E-state index contributed by atoms with van der Waals surface area (Å²) in [5, 5.41) is 13.4. The number of carbonyl (C=O) groups excluding carboxylic acids is 4. The number of piperazine rings is 3. The maximum absolute atomic E-state index is 13.1. The van der Waals surface area contributed by atoms with Crippen LogP contribution < -0.4 is 43.6 Å². The molecule has 0 bridgehead atoms. The molecular weight excluding hydrogens is 1780 g/mol. The molecule has 31 nitrogen and oxygen atoms in total. The van der Waals surface area contributed by atoms with Gasteiger partial charge in [-0.1, -0.05) is 97.2 Å². The predicted molar refractivity (Wildman–Crippen MR) is 540 cm³/mol. The van der Waals surface area contributed by atoms with Gasteiger partial charge in [0.15, 0.2) is 0 Å². The molecule has 133 heavy (non-hydrogen) atoms. The average Bonchev–Trinajstić information content (AvgIpc) is 1.73. The topological polar surface area (TPSA) is 257 Å². The highest BCUT2D eigenvalue weighted by Gasteiger charge is 2.41. The van der Waals surface area contributed by atoms with Gasteiger partial charge < -0.3 is 92.4 Å². The number of aromatic amines is 1. The Morgan fingerprint density at radius 3 is 1.42 bits per heavy atom. The average molecular weight is 1910 g/mol. The first kappa shape index (κ1) is 100. The fourth-order valence-corrected chi connectivity index (χ4v) is 20.0. The Hall–Kier alpha value is -11.8. The fraction of sp³-hybridized carbons (Fsp3) is 0.475. The van der Waals surface area contributed by atoms with E-state index < -0.39 is 0 Å². The highest BCUT2D eigenvalue weighted by Crippen LogP contribution is 2.42. The van der Waals surface area contributed by atoms with Crippen LogP contribution >= 0.6 is 42.9 Å². The van der Waals surface area contributed by atoms with Crippen LogP contribution in [0.4, 0.5) is 34.5 Å². The van der Waals surface area contributed by atoms with Crippen molar-refractivity contribution in [3.63, 3.8) is 0 Å². The first-order valence-corrected chi connectivity index (χ1v) is 46.0. The smallest absolute Gasteiger partial charge is 0.318 e. The van der Waals surface area contributed by atoms with Crippen LogP contribution in [0.3, 0.4) is 0 Å². The molecule has 5 saturated heterocycles. The zero-order valence-electron chi connectivity index (χ0n) is 77.3. The van der Waals surface area contributed by atoms with Crippen molar-refractivity contribution in [1.82, 2.24) is 74.4 Å². The van der Waals surface area contributed by atoms with E-state index in [9.17, 15) is 19.2 Å². The van der Waals surface area contributed by atoms with Gasteiger partial charge in [0, 0.05) is 166 Å². The second-order valence-electron chi connectivity index (χ2n) is 35.4. The number of hydrogen-bond acceptors (Lipinski definition) is 23. The molecular formula is C99H127BrN24O7S2. The molecule has 5 fully saturated rings. The molecule has 1 N–H and O–H groups in total. The van der Waals surface area contributed by atoms with E-state index in [0.717, 1.165) is 131 Å². The minimum absolute atomic E-state index is 0. The van der Waals surface area contributed by atoms with E-state index in [2.05, 4.69) is 207 Å². The van der Waals surface area contributed by atoms with Crippen LogP contribution in [0.25, 0.3) is 47.0 Å². The zero-order chi connectivity index (χ0) is 91.4. The number of likely N-dealkylation sites (N-methyl/N-ethyl adjacent to an activating group) is 3. The van der Waals surface area contributed by atoms with Gasteiger partial charge in [0.1, 0.15) is 55.4 Å². The zero-order valence-corrected chi connectivity index (χ0v) is 80.9. The molecule has 4 amide bonds. The number of rotatable bonds is 24. The van der Waals surface area contributed by atoms with Crippen LogP contribution in [-0.2, 0) is 58.1 Å². The van der Waals surface area contributed by atoms with E-state index in [-0.39, 0.29) is 115 Å². The highest BCUT2D eigenvalue weighted by molar-refractivity contribution is 9.10. The van der Waals surface area contributed by atoms with Gasteiger partial charge in [-0.3, -0.25) is 24.3 Å². The summed E-state index contributed by atoms with van der Waals surface area (Å²) in [5.41, 5.74) is 14.4. The highest BCUT2D eigenvalue weighted by atomic mass is 79.9.